The molecule has 3 rings (SSSR count). The quantitative estimate of drug-likeness (QED) is 0.759. The third-order valence-corrected chi connectivity index (χ3v) is 4.75. The van der Waals surface area contributed by atoms with Crippen molar-refractivity contribution in [3.8, 4) is 23.1 Å². The Morgan fingerprint density at radius 2 is 1.93 bits per heavy atom. The van der Waals surface area contributed by atoms with Gasteiger partial charge in [0.1, 0.15) is 11.7 Å². The summed E-state index contributed by atoms with van der Waals surface area (Å²) >= 11 is 0. The molecule has 0 unspecified atom stereocenters. The number of hydrogen-bond donors (Lipinski definition) is 0. The zero-order valence-electron chi connectivity index (χ0n) is 18.0. The number of ether oxygens (including phenoxy) is 2. The van der Waals surface area contributed by atoms with Crippen molar-refractivity contribution in [2.45, 2.75) is 33.3 Å². The Bertz CT molecular complexity index is 938. The summed E-state index contributed by atoms with van der Waals surface area (Å²) in [7, 11) is 0. The number of aromatic nitrogens is 1. The Morgan fingerprint density at radius 1 is 1.20 bits per heavy atom. The summed E-state index contributed by atoms with van der Waals surface area (Å²) in [4.78, 5) is 20.4. The highest BCUT2D eigenvalue weighted by atomic mass is 16.6. The molecule has 0 N–H and O–H groups in total. The Balaban J connectivity index is 1.76. The highest BCUT2D eigenvalue weighted by Gasteiger charge is 2.26. The minimum atomic E-state index is -0.509. The van der Waals surface area contributed by atoms with Crippen LogP contribution in [0.4, 0.5) is 10.5 Å². The molecule has 0 radical (unpaired) electrons. The van der Waals surface area contributed by atoms with E-state index < -0.39 is 5.60 Å². The monoisotopic (exact) mass is 408 g/mol. The van der Waals surface area contributed by atoms with Gasteiger partial charge in [-0.1, -0.05) is 6.07 Å². The largest absolute Gasteiger partial charge is 0.478 e. The van der Waals surface area contributed by atoms with E-state index in [2.05, 4.69) is 16.0 Å². The van der Waals surface area contributed by atoms with Crippen molar-refractivity contribution in [1.82, 2.24) is 9.88 Å². The van der Waals surface area contributed by atoms with E-state index in [1.807, 2.05) is 58.0 Å². The van der Waals surface area contributed by atoms with Gasteiger partial charge in [-0.2, -0.15) is 5.26 Å². The van der Waals surface area contributed by atoms with Crippen LogP contribution >= 0.6 is 0 Å². The molecule has 1 fully saturated rings. The molecule has 2 heterocycles. The minimum Gasteiger partial charge on any atom is -0.478 e. The van der Waals surface area contributed by atoms with Gasteiger partial charge in [0.15, 0.2) is 0 Å². The molecule has 0 spiro atoms. The van der Waals surface area contributed by atoms with Gasteiger partial charge in [0.25, 0.3) is 0 Å². The average Bonchev–Trinajstić information content (AvgIpc) is 2.73. The summed E-state index contributed by atoms with van der Waals surface area (Å²) in [6.07, 6.45) is 1.40. The second kappa shape index (κ2) is 9.04. The molecular weight excluding hydrogens is 380 g/mol. The Labute approximate surface area is 177 Å². The number of benzene rings is 1. The van der Waals surface area contributed by atoms with Crippen molar-refractivity contribution in [2.75, 3.05) is 37.7 Å². The molecular formula is C23H28N4O3. The molecule has 2 aromatic rings. The smallest absolute Gasteiger partial charge is 0.410 e. The summed E-state index contributed by atoms with van der Waals surface area (Å²) in [5, 5.41) is 9.75. The number of amides is 1. The van der Waals surface area contributed by atoms with E-state index in [0.717, 1.165) is 16.8 Å². The van der Waals surface area contributed by atoms with E-state index in [1.165, 1.54) is 0 Å². The van der Waals surface area contributed by atoms with Crippen molar-refractivity contribution >= 4 is 11.8 Å². The van der Waals surface area contributed by atoms with Gasteiger partial charge in [-0.25, -0.2) is 9.78 Å². The molecule has 1 amide bonds. The first-order valence-corrected chi connectivity index (χ1v) is 10.2. The number of carbonyl (C=O) groups excluding carboxylic acids is 1. The van der Waals surface area contributed by atoms with Crippen LogP contribution in [0.15, 0.2) is 36.5 Å². The van der Waals surface area contributed by atoms with Crippen molar-refractivity contribution in [1.29, 1.82) is 5.26 Å². The number of carbonyl (C=O) groups is 1. The Kier molecular flexibility index (Phi) is 6.46. The van der Waals surface area contributed by atoms with Crippen LogP contribution in [-0.4, -0.2) is 54.4 Å². The molecule has 0 saturated carbocycles. The van der Waals surface area contributed by atoms with Crippen molar-refractivity contribution < 1.29 is 14.3 Å². The lowest BCUT2D eigenvalue weighted by molar-refractivity contribution is 0.0240. The maximum atomic E-state index is 12.3. The highest BCUT2D eigenvalue weighted by molar-refractivity contribution is 5.75. The van der Waals surface area contributed by atoms with Crippen molar-refractivity contribution in [3.05, 3.63) is 42.1 Å². The molecule has 1 aliphatic rings. The van der Waals surface area contributed by atoms with Gasteiger partial charge in [-0.05, 0) is 57.5 Å². The molecule has 1 aromatic heterocycles. The molecule has 158 valence electrons. The third-order valence-electron chi connectivity index (χ3n) is 4.75. The van der Waals surface area contributed by atoms with E-state index in [0.29, 0.717) is 44.2 Å². The second-order valence-electron chi connectivity index (χ2n) is 8.09. The predicted molar refractivity (Wildman–Crippen MR) is 116 cm³/mol. The molecule has 30 heavy (non-hydrogen) atoms. The second-order valence-corrected chi connectivity index (χ2v) is 8.09. The zero-order valence-corrected chi connectivity index (χ0v) is 18.0. The van der Waals surface area contributed by atoms with Gasteiger partial charge in [0.05, 0.1) is 17.9 Å². The first kappa shape index (κ1) is 21.4. The summed E-state index contributed by atoms with van der Waals surface area (Å²) in [6, 6.07) is 11.9. The standard InChI is InChI=1S/C23H28N4O3/c1-5-29-21-19(7-6-10-25-21)17-8-9-20(18(15-17)16-24)26-11-13-27(14-12-26)22(28)30-23(2,3)4/h6-10,15H,5,11-14H2,1-4H3. The number of piperazine rings is 1. The van der Waals surface area contributed by atoms with Gasteiger partial charge in [-0.3, -0.25) is 0 Å². The fraction of sp³-hybridized carbons (Fsp3) is 0.435. The van der Waals surface area contributed by atoms with Crippen LogP contribution in [0, 0.1) is 11.3 Å². The van der Waals surface area contributed by atoms with E-state index in [9.17, 15) is 10.1 Å². The summed E-state index contributed by atoms with van der Waals surface area (Å²) < 4.78 is 11.1. The number of nitrogens with zero attached hydrogens (tertiary/aromatic N) is 4. The van der Waals surface area contributed by atoms with Crippen LogP contribution in [0.25, 0.3) is 11.1 Å². The fourth-order valence-electron chi connectivity index (χ4n) is 3.39. The maximum Gasteiger partial charge on any atom is 0.410 e. The minimum absolute atomic E-state index is 0.293. The Hall–Kier alpha value is -3.27. The van der Waals surface area contributed by atoms with Crippen LogP contribution in [0.1, 0.15) is 33.3 Å². The third kappa shape index (κ3) is 5.01. The topological polar surface area (TPSA) is 78.7 Å². The number of anilines is 1. The first-order chi connectivity index (χ1) is 14.3. The number of rotatable bonds is 4. The lowest BCUT2D eigenvalue weighted by atomic mass is 10.0. The average molecular weight is 409 g/mol. The molecule has 1 aromatic carbocycles. The fourth-order valence-corrected chi connectivity index (χ4v) is 3.39. The van der Waals surface area contributed by atoms with Gasteiger partial charge >= 0.3 is 6.09 Å². The molecule has 0 aliphatic carbocycles. The predicted octanol–water partition coefficient (Wildman–Crippen LogP) is 4.08. The molecule has 0 atom stereocenters. The van der Waals surface area contributed by atoms with Gasteiger partial charge in [-0.15, -0.1) is 0 Å². The summed E-state index contributed by atoms with van der Waals surface area (Å²) in [5.74, 6) is 0.558. The number of hydrogen-bond acceptors (Lipinski definition) is 6. The highest BCUT2D eigenvalue weighted by Crippen LogP contribution is 2.32. The first-order valence-electron chi connectivity index (χ1n) is 10.2. The van der Waals surface area contributed by atoms with Gasteiger partial charge in [0.2, 0.25) is 5.88 Å². The summed E-state index contributed by atoms with van der Waals surface area (Å²) in [5.41, 5.74) is 2.69. The van der Waals surface area contributed by atoms with E-state index in [4.69, 9.17) is 9.47 Å². The van der Waals surface area contributed by atoms with Crippen LogP contribution < -0.4 is 9.64 Å². The van der Waals surface area contributed by atoms with E-state index in [1.54, 1.807) is 11.1 Å². The van der Waals surface area contributed by atoms with Crippen LogP contribution in [0.5, 0.6) is 5.88 Å². The van der Waals surface area contributed by atoms with E-state index in [-0.39, 0.29) is 6.09 Å². The Morgan fingerprint density at radius 3 is 2.57 bits per heavy atom. The lowest BCUT2D eigenvalue weighted by Crippen LogP contribution is -2.50. The van der Waals surface area contributed by atoms with Gasteiger partial charge in [0, 0.05) is 37.9 Å². The van der Waals surface area contributed by atoms with Crippen LogP contribution in [-0.2, 0) is 4.74 Å². The molecule has 0 bridgehead atoms. The van der Waals surface area contributed by atoms with E-state index >= 15 is 0 Å². The van der Waals surface area contributed by atoms with Gasteiger partial charge < -0.3 is 19.3 Å². The number of nitriles is 1. The molecule has 7 heteroatoms. The van der Waals surface area contributed by atoms with Crippen LogP contribution in [0.2, 0.25) is 0 Å². The molecule has 1 aliphatic heterocycles. The lowest BCUT2D eigenvalue weighted by Gasteiger charge is -2.37. The molecule has 7 nitrogen and oxygen atoms in total. The SMILES string of the molecule is CCOc1ncccc1-c1ccc(N2CCN(C(=O)OC(C)(C)C)CC2)c(C#N)c1. The van der Waals surface area contributed by atoms with Crippen molar-refractivity contribution in [2.24, 2.45) is 0 Å². The normalized spacial score (nSPS) is 14.2. The number of pyridine rings is 1. The maximum absolute atomic E-state index is 12.3. The zero-order chi connectivity index (χ0) is 21.7. The van der Waals surface area contributed by atoms with Crippen LogP contribution in [0.3, 0.4) is 0 Å². The summed E-state index contributed by atoms with van der Waals surface area (Å²) in [6.45, 7) is 10.4. The molecule has 1 saturated heterocycles. The van der Waals surface area contributed by atoms with Crippen molar-refractivity contribution in [3.63, 3.8) is 0 Å².